The number of anilines is 1. The number of halogens is 1. The molecule has 0 saturated heterocycles. The van der Waals surface area contributed by atoms with Gasteiger partial charge in [-0.05, 0) is 44.9 Å². The molecule has 112 valence electrons. The van der Waals surface area contributed by atoms with E-state index in [-0.39, 0.29) is 30.3 Å². The molecule has 1 saturated carbocycles. The van der Waals surface area contributed by atoms with Gasteiger partial charge in [-0.3, -0.25) is 4.79 Å². The van der Waals surface area contributed by atoms with E-state index in [4.69, 9.17) is 5.73 Å². The smallest absolute Gasteiger partial charge is 0.229 e. The Balaban J connectivity index is 0.00000147. The molecule has 6 heteroatoms. The van der Waals surface area contributed by atoms with E-state index in [1.807, 2.05) is 0 Å². The molecule has 1 fully saturated rings. The van der Waals surface area contributed by atoms with Crippen LogP contribution in [0.1, 0.15) is 49.1 Å². The molecule has 1 heterocycles. The Kier molecular flexibility index (Phi) is 5.41. The number of nitrogens with two attached hydrogens (primary N) is 1. The second-order valence-corrected chi connectivity index (χ2v) is 6.79. The van der Waals surface area contributed by atoms with Crippen LogP contribution in [-0.4, -0.2) is 16.9 Å². The van der Waals surface area contributed by atoms with Crippen LogP contribution in [-0.2, 0) is 17.6 Å². The summed E-state index contributed by atoms with van der Waals surface area (Å²) in [4.78, 5) is 18.1. The van der Waals surface area contributed by atoms with Crippen molar-refractivity contribution >= 4 is 34.8 Å². The molecule has 3 rings (SSSR count). The number of nitrogens with zero attached hydrogens (tertiary/aromatic N) is 1. The van der Waals surface area contributed by atoms with Gasteiger partial charge in [0.25, 0.3) is 0 Å². The Morgan fingerprint density at radius 3 is 2.80 bits per heavy atom. The van der Waals surface area contributed by atoms with Crippen LogP contribution >= 0.6 is 23.7 Å². The number of aryl methyl sites for hydroxylation is 2. The number of hydrogen-bond donors (Lipinski definition) is 2. The van der Waals surface area contributed by atoms with Gasteiger partial charge in [0.2, 0.25) is 5.91 Å². The quantitative estimate of drug-likeness (QED) is 0.825. The third-order valence-corrected chi connectivity index (χ3v) is 5.24. The molecule has 2 aliphatic rings. The number of amides is 1. The zero-order valence-electron chi connectivity index (χ0n) is 11.6. The molecule has 0 spiro atoms. The third-order valence-electron chi connectivity index (χ3n) is 4.17. The Bertz CT molecular complexity index is 453. The fourth-order valence-electron chi connectivity index (χ4n) is 3.04. The number of aromatic nitrogens is 1. The minimum absolute atomic E-state index is 0. The predicted molar refractivity (Wildman–Crippen MR) is 84.6 cm³/mol. The van der Waals surface area contributed by atoms with Crippen molar-refractivity contribution in [1.29, 1.82) is 0 Å². The molecule has 2 aliphatic carbocycles. The number of hydrogen-bond acceptors (Lipinski definition) is 4. The molecule has 0 bridgehead atoms. The second-order valence-electron chi connectivity index (χ2n) is 5.71. The van der Waals surface area contributed by atoms with Crippen molar-refractivity contribution in [2.45, 2.75) is 57.4 Å². The predicted octanol–water partition coefficient (Wildman–Crippen LogP) is 2.90. The van der Waals surface area contributed by atoms with Gasteiger partial charge in [0.05, 0.1) is 5.69 Å². The largest absolute Gasteiger partial charge is 0.328 e. The summed E-state index contributed by atoms with van der Waals surface area (Å²) >= 11 is 1.66. The molecule has 0 aliphatic heterocycles. The first-order valence-corrected chi connectivity index (χ1v) is 8.09. The van der Waals surface area contributed by atoms with Gasteiger partial charge >= 0.3 is 0 Å². The highest BCUT2D eigenvalue weighted by Gasteiger charge is 2.28. The summed E-state index contributed by atoms with van der Waals surface area (Å²) in [6, 6.07) is 0.198. The molecule has 1 aromatic heterocycles. The van der Waals surface area contributed by atoms with Gasteiger partial charge < -0.3 is 11.1 Å². The van der Waals surface area contributed by atoms with E-state index in [2.05, 4.69) is 10.3 Å². The average molecular weight is 316 g/mol. The number of carbonyl (C=O) groups excluding carboxylic acids is 1. The molecular formula is C14H22ClN3OS. The van der Waals surface area contributed by atoms with Crippen LogP contribution in [0.15, 0.2) is 0 Å². The molecule has 1 amide bonds. The first-order chi connectivity index (χ1) is 9.22. The highest BCUT2D eigenvalue weighted by molar-refractivity contribution is 7.15. The van der Waals surface area contributed by atoms with Crippen LogP contribution in [0.4, 0.5) is 5.13 Å². The molecule has 1 aromatic rings. The molecule has 3 N–H and O–H groups in total. The number of carbonyl (C=O) groups is 1. The zero-order valence-corrected chi connectivity index (χ0v) is 13.2. The van der Waals surface area contributed by atoms with Crippen molar-refractivity contribution in [2.24, 2.45) is 11.7 Å². The van der Waals surface area contributed by atoms with Gasteiger partial charge in [-0.15, -0.1) is 23.7 Å². The van der Waals surface area contributed by atoms with Crippen LogP contribution in [0.5, 0.6) is 0 Å². The maximum absolute atomic E-state index is 12.1. The lowest BCUT2D eigenvalue weighted by Gasteiger charge is -2.08. The summed E-state index contributed by atoms with van der Waals surface area (Å²) in [6.07, 6.45) is 8.65. The average Bonchev–Trinajstić information content (AvgIpc) is 2.91. The van der Waals surface area contributed by atoms with Gasteiger partial charge in [0, 0.05) is 16.8 Å². The van der Waals surface area contributed by atoms with Crippen molar-refractivity contribution < 1.29 is 4.79 Å². The number of rotatable bonds is 2. The van der Waals surface area contributed by atoms with Gasteiger partial charge in [0.15, 0.2) is 5.13 Å². The maximum Gasteiger partial charge on any atom is 0.229 e. The third kappa shape index (κ3) is 3.51. The van der Waals surface area contributed by atoms with Gasteiger partial charge in [-0.2, -0.15) is 0 Å². The molecule has 4 nitrogen and oxygen atoms in total. The van der Waals surface area contributed by atoms with E-state index in [1.165, 1.54) is 29.8 Å². The standard InChI is InChI=1S/C14H21N3OS.ClH/c15-10-7-6-9(8-10)13(18)17-14-16-11-4-2-1-3-5-12(11)19-14;/h9-10H,1-8,15H2,(H,16,17,18);1H. The summed E-state index contributed by atoms with van der Waals surface area (Å²) in [6.45, 7) is 0. The Hall–Kier alpha value is -0.650. The van der Waals surface area contributed by atoms with Crippen LogP contribution in [0.25, 0.3) is 0 Å². The van der Waals surface area contributed by atoms with Crippen LogP contribution in [0.3, 0.4) is 0 Å². The highest BCUT2D eigenvalue weighted by Crippen LogP contribution is 2.30. The van der Waals surface area contributed by atoms with Crippen molar-refractivity contribution in [2.75, 3.05) is 5.32 Å². The minimum Gasteiger partial charge on any atom is -0.328 e. The molecule has 0 aromatic carbocycles. The highest BCUT2D eigenvalue weighted by atomic mass is 35.5. The maximum atomic E-state index is 12.1. The first-order valence-electron chi connectivity index (χ1n) is 7.27. The minimum atomic E-state index is 0. The summed E-state index contributed by atoms with van der Waals surface area (Å²) in [7, 11) is 0. The molecule has 0 radical (unpaired) electrons. The van der Waals surface area contributed by atoms with Crippen molar-refractivity contribution in [3.05, 3.63) is 10.6 Å². The number of nitrogens with one attached hydrogen (secondary N) is 1. The van der Waals surface area contributed by atoms with E-state index >= 15 is 0 Å². The van der Waals surface area contributed by atoms with Gasteiger partial charge in [-0.25, -0.2) is 4.98 Å². The van der Waals surface area contributed by atoms with Gasteiger partial charge in [0.1, 0.15) is 0 Å². The normalized spacial score (nSPS) is 25.4. The Morgan fingerprint density at radius 1 is 1.25 bits per heavy atom. The van der Waals surface area contributed by atoms with Crippen LogP contribution < -0.4 is 11.1 Å². The van der Waals surface area contributed by atoms with Crippen molar-refractivity contribution in [1.82, 2.24) is 4.98 Å². The number of thiazole rings is 1. The van der Waals surface area contributed by atoms with E-state index < -0.39 is 0 Å². The van der Waals surface area contributed by atoms with Crippen molar-refractivity contribution in [3.8, 4) is 0 Å². The zero-order chi connectivity index (χ0) is 13.2. The van der Waals surface area contributed by atoms with E-state index in [0.29, 0.717) is 0 Å². The molecule has 20 heavy (non-hydrogen) atoms. The molecule has 2 atom stereocenters. The van der Waals surface area contributed by atoms with Crippen LogP contribution in [0.2, 0.25) is 0 Å². The summed E-state index contributed by atoms with van der Waals surface area (Å²) in [5.74, 6) is 0.190. The SMILES string of the molecule is Cl.NC1CCC(C(=O)Nc2nc3c(s2)CCCCC3)C1. The van der Waals surface area contributed by atoms with E-state index in [1.54, 1.807) is 11.3 Å². The lowest BCUT2D eigenvalue weighted by Crippen LogP contribution is -2.23. The lowest BCUT2D eigenvalue weighted by atomic mass is 10.1. The summed E-state index contributed by atoms with van der Waals surface area (Å²) < 4.78 is 0. The Morgan fingerprint density at radius 2 is 2.05 bits per heavy atom. The fraction of sp³-hybridized carbons (Fsp3) is 0.714. The summed E-state index contributed by atoms with van der Waals surface area (Å²) in [5.41, 5.74) is 7.07. The fourth-order valence-corrected chi connectivity index (χ4v) is 4.10. The van der Waals surface area contributed by atoms with E-state index in [9.17, 15) is 4.79 Å². The summed E-state index contributed by atoms with van der Waals surface area (Å²) in [5, 5.41) is 3.78. The molecular weight excluding hydrogens is 294 g/mol. The van der Waals surface area contributed by atoms with E-state index in [0.717, 1.165) is 37.2 Å². The first kappa shape index (κ1) is 15.7. The second kappa shape index (κ2) is 6.87. The lowest BCUT2D eigenvalue weighted by molar-refractivity contribution is -0.119. The monoisotopic (exact) mass is 315 g/mol. The van der Waals surface area contributed by atoms with Crippen molar-refractivity contribution in [3.63, 3.8) is 0 Å². The molecule has 2 unspecified atom stereocenters. The van der Waals surface area contributed by atoms with Gasteiger partial charge in [-0.1, -0.05) is 6.42 Å². The Labute approximate surface area is 129 Å². The number of fused-ring (bicyclic) bond motifs is 1. The van der Waals surface area contributed by atoms with Crippen LogP contribution in [0, 0.1) is 5.92 Å². The topological polar surface area (TPSA) is 68.0 Å².